The van der Waals surface area contributed by atoms with Crippen LogP contribution in [0.5, 0.6) is 0 Å². The van der Waals surface area contributed by atoms with Crippen LogP contribution in [0.3, 0.4) is 0 Å². The maximum absolute atomic E-state index is 11.1. The van der Waals surface area contributed by atoms with Gasteiger partial charge in [0.15, 0.2) is 0 Å². The Labute approximate surface area is 141 Å². The molecule has 9 heteroatoms. The summed E-state index contributed by atoms with van der Waals surface area (Å²) < 4.78 is 34.0. The molecule has 0 saturated carbocycles. The Morgan fingerprint density at radius 3 is 2.42 bits per heavy atom. The molecule has 0 unspecified atom stereocenters. The molecule has 1 amide bonds. The van der Waals surface area contributed by atoms with Gasteiger partial charge in [0.05, 0.1) is 12.0 Å². The van der Waals surface area contributed by atoms with Gasteiger partial charge in [-0.15, -0.1) is 0 Å². The summed E-state index contributed by atoms with van der Waals surface area (Å²) >= 11 is 0. The Bertz CT molecular complexity index is 672. The molecule has 8 nitrogen and oxygen atoms in total. The fourth-order valence-corrected chi connectivity index (χ4v) is 2.61. The van der Waals surface area contributed by atoms with Crippen molar-refractivity contribution < 1.29 is 27.3 Å². The number of amides is 1. The molecule has 0 aromatic heterocycles. The average Bonchev–Trinajstić information content (AvgIpc) is 2.91. The molecule has 1 aliphatic heterocycles. The third kappa shape index (κ3) is 6.26. The summed E-state index contributed by atoms with van der Waals surface area (Å²) in [5.41, 5.74) is 6.47. The predicted molar refractivity (Wildman–Crippen MR) is 86.7 cm³/mol. The van der Waals surface area contributed by atoms with Crippen LogP contribution in [0.4, 0.5) is 0 Å². The van der Waals surface area contributed by atoms with Crippen LogP contribution < -0.4 is 11.1 Å². The normalized spacial score (nSPS) is 18.2. The van der Waals surface area contributed by atoms with Gasteiger partial charge < -0.3 is 15.8 Å². The van der Waals surface area contributed by atoms with Gasteiger partial charge in [-0.2, -0.15) is 8.42 Å². The van der Waals surface area contributed by atoms with E-state index in [1.165, 1.54) is 19.2 Å². The highest BCUT2D eigenvalue weighted by Crippen LogP contribution is 2.15. The van der Waals surface area contributed by atoms with E-state index in [1.807, 2.05) is 6.92 Å². The number of esters is 1. The summed E-state index contributed by atoms with van der Waals surface area (Å²) in [6.07, 6.45) is 1.13. The predicted octanol–water partition coefficient (Wildman–Crippen LogP) is 0.255. The standard InChI is InChI=1S/C8H14N2O3.C7H8O3S/c1-13-8(12)6(9)4-5-2-3-10-7(5)11;1-6-2-4-7(5-3-6)11(8,9)10/h5-6H,2-4,9H2,1H3,(H,10,11);2-5H,1H3,(H,8,9,10)/t5-,6-;/m0./s1. The number of hydrogen-bond acceptors (Lipinski definition) is 6. The first kappa shape index (κ1) is 20.1. The molecule has 0 aliphatic carbocycles. The second-order valence-corrected chi connectivity index (χ2v) is 6.85. The van der Waals surface area contributed by atoms with Crippen molar-refractivity contribution in [2.75, 3.05) is 13.7 Å². The molecule has 0 bridgehead atoms. The maximum atomic E-state index is 11.1. The summed E-state index contributed by atoms with van der Waals surface area (Å²) in [6.45, 7) is 2.52. The molecule has 134 valence electrons. The molecule has 2 rings (SSSR count). The molecule has 1 fully saturated rings. The van der Waals surface area contributed by atoms with Crippen LogP contribution >= 0.6 is 0 Å². The van der Waals surface area contributed by atoms with Crippen molar-refractivity contribution >= 4 is 22.0 Å². The van der Waals surface area contributed by atoms with E-state index in [4.69, 9.17) is 10.3 Å². The number of ether oxygens (including phenoxy) is 1. The Hall–Kier alpha value is -1.97. The zero-order chi connectivity index (χ0) is 18.3. The van der Waals surface area contributed by atoms with E-state index in [-0.39, 0.29) is 16.7 Å². The lowest BCUT2D eigenvalue weighted by atomic mass is 9.99. The highest BCUT2D eigenvalue weighted by atomic mass is 32.2. The van der Waals surface area contributed by atoms with Gasteiger partial charge in [-0.3, -0.25) is 14.1 Å². The van der Waals surface area contributed by atoms with Crippen LogP contribution in [-0.2, 0) is 24.4 Å². The molecule has 2 atom stereocenters. The van der Waals surface area contributed by atoms with Gasteiger partial charge in [-0.05, 0) is 31.9 Å². The molecule has 1 saturated heterocycles. The van der Waals surface area contributed by atoms with E-state index < -0.39 is 22.1 Å². The Morgan fingerprint density at radius 2 is 2.00 bits per heavy atom. The molecule has 1 aromatic rings. The van der Waals surface area contributed by atoms with Gasteiger partial charge in [0.1, 0.15) is 6.04 Å². The van der Waals surface area contributed by atoms with Crippen LogP contribution in [0.15, 0.2) is 29.2 Å². The SMILES string of the molecule is COC(=O)[C@@H](N)C[C@@H]1CCNC1=O.Cc1ccc(S(=O)(=O)O)cc1. The lowest BCUT2D eigenvalue weighted by Crippen LogP contribution is -2.35. The van der Waals surface area contributed by atoms with Crippen molar-refractivity contribution in [2.24, 2.45) is 11.7 Å². The number of aryl methyl sites for hydroxylation is 1. The van der Waals surface area contributed by atoms with Crippen LogP contribution in [0.25, 0.3) is 0 Å². The first-order valence-corrected chi connectivity index (χ1v) is 8.74. The topological polar surface area (TPSA) is 136 Å². The van der Waals surface area contributed by atoms with Crippen molar-refractivity contribution in [2.45, 2.75) is 30.7 Å². The van der Waals surface area contributed by atoms with Gasteiger partial charge in [0, 0.05) is 12.5 Å². The molecule has 1 aromatic carbocycles. The average molecular weight is 358 g/mol. The molecule has 1 aliphatic rings. The van der Waals surface area contributed by atoms with E-state index in [0.717, 1.165) is 12.0 Å². The second-order valence-electron chi connectivity index (χ2n) is 5.43. The van der Waals surface area contributed by atoms with Gasteiger partial charge in [0.2, 0.25) is 5.91 Å². The molecular formula is C15H22N2O6S. The second kappa shape index (κ2) is 8.76. The minimum atomic E-state index is -4.02. The van der Waals surface area contributed by atoms with Crippen molar-refractivity contribution in [1.29, 1.82) is 0 Å². The quantitative estimate of drug-likeness (QED) is 0.518. The number of rotatable bonds is 4. The summed E-state index contributed by atoms with van der Waals surface area (Å²) in [4.78, 5) is 22.0. The highest BCUT2D eigenvalue weighted by molar-refractivity contribution is 7.85. The smallest absolute Gasteiger partial charge is 0.322 e. The number of carbonyl (C=O) groups excluding carboxylic acids is 2. The van der Waals surface area contributed by atoms with Crippen molar-refractivity contribution in [3.63, 3.8) is 0 Å². The third-order valence-electron chi connectivity index (χ3n) is 3.52. The summed E-state index contributed by atoms with van der Waals surface area (Å²) in [5, 5.41) is 2.69. The van der Waals surface area contributed by atoms with E-state index in [9.17, 15) is 18.0 Å². The van der Waals surface area contributed by atoms with Crippen molar-refractivity contribution in [3.8, 4) is 0 Å². The number of nitrogens with one attached hydrogen (secondary N) is 1. The van der Waals surface area contributed by atoms with E-state index >= 15 is 0 Å². The molecule has 1 heterocycles. The van der Waals surface area contributed by atoms with Crippen LogP contribution in [0.1, 0.15) is 18.4 Å². The number of methoxy groups -OCH3 is 1. The van der Waals surface area contributed by atoms with Gasteiger partial charge in [0.25, 0.3) is 10.1 Å². The number of hydrogen-bond donors (Lipinski definition) is 3. The van der Waals surface area contributed by atoms with Gasteiger partial charge >= 0.3 is 5.97 Å². The first-order chi connectivity index (χ1) is 11.1. The van der Waals surface area contributed by atoms with E-state index in [0.29, 0.717) is 13.0 Å². The number of carbonyl (C=O) groups is 2. The monoisotopic (exact) mass is 358 g/mol. The lowest BCUT2D eigenvalue weighted by Gasteiger charge is -2.11. The molecule has 0 radical (unpaired) electrons. The molecule has 24 heavy (non-hydrogen) atoms. The largest absolute Gasteiger partial charge is 0.468 e. The van der Waals surface area contributed by atoms with Crippen LogP contribution in [-0.4, -0.2) is 44.5 Å². The van der Waals surface area contributed by atoms with Gasteiger partial charge in [-0.25, -0.2) is 0 Å². The Kier molecular flexibility index (Phi) is 7.33. The third-order valence-corrected chi connectivity index (χ3v) is 4.39. The number of nitrogens with two attached hydrogens (primary N) is 1. The highest BCUT2D eigenvalue weighted by Gasteiger charge is 2.28. The van der Waals surface area contributed by atoms with E-state index in [1.54, 1.807) is 12.1 Å². The first-order valence-electron chi connectivity index (χ1n) is 7.30. The van der Waals surface area contributed by atoms with Crippen molar-refractivity contribution in [1.82, 2.24) is 5.32 Å². The zero-order valence-electron chi connectivity index (χ0n) is 13.6. The lowest BCUT2D eigenvalue weighted by molar-refractivity contribution is -0.142. The van der Waals surface area contributed by atoms with Crippen molar-refractivity contribution in [3.05, 3.63) is 29.8 Å². The van der Waals surface area contributed by atoms with Crippen LogP contribution in [0, 0.1) is 12.8 Å². The Morgan fingerprint density at radius 1 is 1.42 bits per heavy atom. The Balaban J connectivity index is 0.000000243. The summed E-state index contributed by atoms with van der Waals surface area (Å²) in [7, 11) is -2.73. The maximum Gasteiger partial charge on any atom is 0.322 e. The minimum absolute atomic E-state index is 0.0145. The minimum Gasteiger partial charge on any atom is -0.468 e. The fourth-order valence-electron chi connectivity index (χ4n) is 2.13. The molecule has 0 spiro atoms. The van der Waals surface area contributed by atoms with Gasteiger partial charge in [-0.1, -0.05) is 17.7 Å². The fraction of sp³-hybridized carbons (Fsp3) is 0.467. The van der Waals surface area contributed by atoms with Crippen LogP contribution in [0.2, 0.25) is 0 Å². The number of benzene rings is 1. The summed E-state index contributed by atoms with van der Waals surface area (Å²) in [6, 6.07) is 5.31. The molecule has 4 N–H and O–H groups in total. The summed E-state index contributed by atoms with van der Waals surface area (Å²) in [5.74, 6) is -0.604. The zero-order valence-corrected chi connectivity index (χ0v) is 14.4. The van der Waals surface area contributed by atoms with E-state index in [2.05, 4.69) is 10.1 Å². The molecular weight excluding hydrogens is 336 g/mol.